The highest BCUT2D eigenvalue weighted by Crippen LogP contribution is 2.67. The van der Waals surface area contributed by atoms with Crippen molar-refractivity contribution < 1.29 is 4.79 Å². The Hall–Kier alpha value is -0.590. The first-order valence-electron chi connectivity index (χ1n) is 12.4. The molecule has 0 bridgehead atoms. The van der Waals surface area contributed by atoms with Gasteiger partial charge < -0.3 is 0 Å². The fraction of sp³-hybridized carbons (Fsp3) is 0.889. The van der Waals surface area contributed by atoms with Crippen molar-refractivity contribution in [3.63, 3.8) is 0 Å². The maximum absolute atomic E-state index is 13.8. The lowest BCUT2D eigenvalue weighted by Gasteiger charge is -2.60. The molecule has 8 atom stereocenters. The molecule has 158 valence electrons. The van der Waals surface area contributed by atoms with Crippen LogP contribution in [-0.2, 0) is 4.79 Å². The minimum atomic E-state index is -0.0244. The molecule has 1 heteroatoms. The van der Waals surface area contributed by atoms with Crippen molar-refractivity contribution in [2.45, 2.75) is 105 Å². The molecule has 0 unspecified atom stereocenters. The number of carbonyl (C=O) groups excluding carboxylic acids is 1. The summed E-state index contributed by atoms with van der Waals surface area (Å²) in [6.07, 6.45) is 16.8. The smallest absolute Gasteiger partial charge is 0.139 e. The summed E-state index contributed by atoms with van der Waals surface area (Å²) in [7, 11) is 0. The SMILES string of the molecule is CC(C)=CCC[C@@H](C)[C@H]1CC[C@H]2[C@@H]3CC[C@@H]4CCCC[C@]4(C)[C@H]3CC(=O)[C@]12C. The Balaban J connectivity index is 1.55. The first-order chi connectivity index (χ1) is 13.3. The predicted octanol–water partition coefficient (Wildman–Crippen LogP) is 7.60. The van der Waals surface area contributed by atoms with Gasteiger partial charge in [0, 0.05) is 11.8 Å². The summed E-state index contributed by atoms with van der Waals surface area (Å²) in [6, 6.07) is 0. The van der Waals surface area contributed by atoms with E-state index in [-0.39, 0.29) is 5.41 Å². The van der Waals surface area contributed by atoms with Gasteiger partial charge in [-0.25, -0.2) is 0 Å². The largest absolute Gasteiger partial charge is 0.299 e. The number of fused-ring (bicyclic) bond motifs is 5. The molecule has 1 nitrogen and oxygen atoms in total. The van der Waals surface area contributed by atoms with Crippen molar-refractivity contribution in [2.24, 2.45) is 46.3 Å². The molecule has 4 aliphatic rings. The number of Topliss-reactive ketones (excluding diaryl/α,β-unsaturated/α-hetero) is 1. The quantitative estimate of drug-likeness (QED) is 0.456. The predicted molar refractivity (Wildman–Crippen MR) is 118 cm³/mol. The first-order valence-corrected chi connectivity index (χ1v) is 12.4. The van der Waals surface area contributed by atoms with Crippen molar-refractivity contribution >= 4 is 5.78 Å². The number of hydrogen-bond acceptors (Lipinski definition) is 1. The van der Waals surface area contributed by atoms with Crippen LogP contribution in [0.3, 0.4) is 0 Å². The van der Waals surface area contributed by atoms with Crippen LogP contribution in [0.2, 0.25) is 0 Å². The summed E-state index contributed by atoms with van der Waals surface area (Å²) < 4.78 is 0. The topological polar surface area (TPSA) is 17.1 Å². The molecule has 0 spiro atoms. The van der Waals surface area contributed by atoms with E-state index in [0.29, 0.717) is 34.9 Å². The molecule has 0 heterocycles. The Bertz CT molecular complexity index is 628. The van der Waals surface area contributed by atoms with Gasteiger partial charge in [-0.05, 0) is 106 Å². The summed E-state index contributed by atoms with van der Waals surface area (Å²) in [5.74, 6) is 5.05. The van der Waals surface area contributed by atoms with Crippen LogP contribution in [0, 0.1) is 46.3 Å². The average molecular weight is 385 g/mol. The molecule has 0 saturated heterocycles. The Morgan fingerprint density at radius 2 is 1.86 bits per heavy atom. The second-order valence-corrected chi connectivity index (χ2v) is 11.8. The van der Waals surface area contributed by atoms with Crippen LogP contribution in [0.15, 0.2) is 11.6 Å². The summed E-state index contributed by atoms with van der Waals surface area (Å²) in [5, 5.41) is 0. The summed E-state index contributed by atoms with van der Waals surface area (Å²) in [5.41, 5.74) is 1.87. The summed E-state index contributed by atoms with van der Waals surface area (Å²) in [6.45, 7) is 11.8. The lowest BCUT2D eigenvalue weighted by molar-refractivity contribution is -0.157. The Morgan fingerprint density at radius 3 is 2.61 bits per heavy atom. The van der Waals surface area contributed by atoms with Crippen LogP contribution in [0.1, 0.15) is 105 Å². The number of rotatable bonds is 4. The second kappa shape index (κ2) is 7.59. The standard InChI is InChI=1S/C27H44O/c1-18(2)9-8-10-19(3)22-14-15-23-21-13-12-20-11-6-7-16-26(20,4)24(21)17-25(28)27(22,23)5/h9,19-24H,6-8,10-17H2,1-5H3/t19-,20+,21+,22-,23+,24+,26+,27-/m1/s1. The molecule has 4 aliphatic carbocycles. The monoisotopic (exact) mass is 384 g/mol. The van der Waals surface area contributed by atoms with E-state index in [2.05, 4.69) is 40.7 Å². The van der Waals surface area contributed by atoms with Crippen molar-refractivity contribution in [1.29, 1.82) is 0 Å². The van der Waals surface area contributed by atoms with Crippen molar-refractivity contribution in [3.05, 3.63) is 11.6 Å². The summed E-state index contributed by atoms with van der Waals surface area (Å²) >= 11 is 0. The molecule has 0 N–H and O–H groups in total. The zero-order valence-corrected chi connectivity index (χ0v) is 19.2. The molecule has 0 amide bonds. The van der Waals surface area contributed by atoms with E-state index in [4.69, 9.17) is 0 Å². The minimum absolute atomic E-state index is 0.0244. The fourth-order valence-corrected chi connectivity index (χ4v) is 8.78. The highest BCUT2D eigenvalue weighted by molar-refractivity contribution is 5.87. The Labute approximate surface area is 174 Å². The second-order valence-electron chi connectivity index (χ2n) is 11.8. The third kappa shape index (κ3) is 3.14. The maximum Gasteiger partial charge on any atom is 0.139 e. The molecular weight excluding hydrogens is 340 g/mol. The number of allylic oxidation sites excluding steroid dienone is 2. The van der Waals surface area contributed by atoms with Crippen LogP contribution >= 0.6 is 0 Å². The van der Waals surface area contributed by atoms with Gasteiger partial charge in [-0.15, -0.1) is 0 Å². The maximum atomic E-state index is 13.8. The Kier molecular flexibility index (Phi) is 5.60. The van der Waals surface area contributed by atoms with Gasteiger partial charge in [0.15, 0.2) is 0 Å². The van der Waals surface area contributed by atoms with Crippen LogP contribution in [0.4, 0.5) is 0 Å². The van der Waals surface area contributed by atoms with Crippen molar-refractivity contribution in [2.75, 3.05) is 0 Å². The minimum Gasteiger partial charge on any atom is -0.299 e. The number of ketones is 1. The van der Waals surface area contributed by atoms with Crippen molar-refractivity contribution in [3.8, 4) is 0 Å². The van der Waals surface area contributed by atoms with Gasteiger partial charge in [-0.1, -0.05) is 45.3 Å². The van der Waals surface area contributed by atoms with Gasteiger partial charge in [-0.2, -0.15) is 0 Å². The summed E-state index contributed by atoms with van der Waals surface area (Å²) in [4.78, 5) is 13.8. The normalized spacial score (nSPS) is 46.3. The molecule has 4 saturated carbocycles. The van der Waals surface area contributed by atoms with Gasteiger partial charge in [0.2, 0.25) is 0 Å². The zero-order chi connectivity index (χ0) is 20.1. The molecule has 0 aromatic heterocycles. The van der Waals surface area contributed by atoms with E-state index in [1.807, 2.05) is 0 Å². The van der Waals surface area contributed by atoms with Gasteiger partial charge in [0.25, 0.3) is 0 Å². The third-order valence-electron chi connectivity index (χ3n) is 10.4. The van der Waals surface area contributed by atoms with Gasteiger partial charge in [0.05, 0.1) is 0 Å². The van der Waals surface area contributed by atoms with Crippen molar-refractivity contribution in [1.82, 2.24) is 0 Å². The lowest BCUT2D eigenvalue weighted by atomic mass is 9.44. The van der Waals surface area contributed by atoms with E-state index >= 15 is 0 Å². The molecule has 4 fully saturated rings. The van der Waals surface area contributed by atoms with Crippen LogP contribution in [-0.4, -0.2) is 5.78 Å². The van der Waals surface area contributed by atoms with E-state index < -0.39 is 0 Å². The highest BCUT2D eigenvalue weighted by Gasteiger charge is 2.63. The lowest BCUT2D eigenvalue weighted by Crippen LogP contribution is -2.56. The number of carbonyl (C=O) groups is 1. The molecular formula is C27H44O. The average Bonchev–Trinajstić information content (AvgIpc) is 3.01. The van der Waals surface area contributed by atoms with Gasteiger partial charge >= 0.3 is 0 Å². The van der Waals surface area contributed by atoms with E-state index in [1.165, 1.54) is 69.8 Å². The first kappa shape index (κ1) is 20.7. The zero-order valence-electron chi connectivity index (χ0n) is 19.2. The van der Waals surface area contributed by atoms with Crippen LogP contribution in [0.25, 0.3) is 0 Å². The molecule has 28 heavy (non-hydrogen) atoms. The van der Waals surface area contributed by atoms with E-state index in [9.17, 15) is 4.79 Å². The van der Waals surface area contributed by atoms with Gasteiger partial charge in [0.1, 0.15) is 5.78 Å². The Morgan fingerprint density at radius 1 is 1.07 bits per heavy atom. The van der Waals surface area contributed by atoms with Gasteiger partial charge in [-0.3, -0.25) is 4.79 Å². The van der Waals surface area contributed by atoms with Crippen LogP contribution in [0.5, 0.6) is 0 Å². The highest BCUT2D eigenvalue weighted by atomic mass is 16.1. The molecule has 0 aliphatic heterocycles. The molecule has 0 radical (unpaired) electrons. The number of hydrogen-bond donors (Lipinski definition) is 0. The third-order valence-corrected chi connectivity index (χ3v) is 10.4. The van der Waals surface area contributed by atoms with E-state index in [0.717, 1.165) is 18.3 Å². The molecule has 4 rings (SSSR count). The van der Waals surface area contributed by atoms with Crippen LogP contribution < -0.4 is 0 Å². The molecule has 0 aromatic carbocycles. The fourth-order valence-electron chi connectivity index (χ4n) is 8.78. The van der Waals surface area contributed by atoms with E-state index in [1.54, 1.807) is 0 Å². The molecule has 0 aromatic rings.